The van der Waals surface area contributed by atoms with E-state index in [1.807, 2.05) is 0 Å². The van der Waals surface area contributed by atoms with E-state index in [1.54, 1.807) is 0 Å². The normalized spacial score (nSPS) is 19.4. The molecule has 3 rings (SSSR count). The monoisotopic (exact) mass is 451 g/mol. The van der Waals surface area contributed by atoms with Crippen molar-refractivity contribution in [3.63, 3.8) is 0 Å². The highest BCUT2D eigenvalue weighted by Crippen LogP contribution is 2.65. The molecule has 2 atom stereocenters. The zero-order chi connectivity index (χ0) is 21.5. The van der Waals surface area contributed by atoms with Crippen LogP contribution in [0.5, 0.6) is 0 Å². The highest BCUT2D eigenvalue weighted by molar-refractivity contribution is 8.33. The fourth-order valence-electron chi connectivity index (χ4n) is 3.85. The minimum Gasteiger partial charge on any atom is -0.257 e. The minimum atomic E-state index is -4.23. The van der Waals surface area contributed by atoms with E-state index >= 15 is 0 Å². The summed E-state index contributed by atoms with van der Waals surface area (Å²) in [5.41, 5.74) is -2.92. The van der Waals surface area contributed by atoms with Crippen LogP contribution in [0.2, 0.25) is 0 Å². The van der Waals surface area contributed by atoms with Gasteiger partial charge in [-0.1, -0.05) is 60.7 Å². The Labute approximate surface area is 183 Å². The quantitative estimate of drug-likeness (QED) is 0.313. The Bertz CT molecular complexity index is 864. The summed E-state index contributed by atoms with van der Waals surface area (Å²) in [6, 6.07) is 19.3. The highest BCUT2D eigenvalue weighted by atomic mass is 32.3. The van der Waals surface area contributed by atoms with Crippen LogP contribution in [0, 0.1) is 0 Å². The van der Waals surface area contributed by atoms with Crippen molar-refractivity contribution in [3.05, 3.63) is 84.5 Å². The number of unbranched alkanes of at least 4 members (excludes halogenated alkanes) is 1. The lowest BCUT2D eigenvalue weighted by Crippen LogP contribution is -2.18. The molecule has 0 aromatic heterocycles. The summed E-state index contributed by atoms with van der Waals surface area (Å²) in [6.45, 7) is 0.352. The van der Waals surface area contributed by atoms with E-state index in [0.29, 0.717) is 18.2 Å². The van der Waals surface area contributed by atoms with Gasteiger partial charge in [-0.05, 0) is 65.5 Å². The zero-order valence-corrected chi connectivity index (χ0v) is 18.7. The van der Waals surface area contributed by atoms with Crippen LogP contribution in [0.1, 0.15) is 24.8 Å². The second kappa shape index (κ2) is 10.6. The molecule has 1 aliphatic rings. The number of allylic oxidation sites excluding steroid dienone is 3. The fourth-order valence-corrected chi connectivity index (χ4v) is 7.88. The van der Waals surface area contributed by atoms with Crippen molar-refractivity contribution in [1.82, 2.24) is 4.72 Å². The Morgan fingerprint density at radius 1 is 1.00 bits per heavy atom. The molecule has 0 bridgehead atoms. The molecule has 0 saturated carbocycles. The van der Waals surface area contributed by atoms with Gasteiger partial charge in [0.15, 0.2) is 0 Å². The maximum Gasteiger partial charge on any atom is 0.456 e. The van der Waals surface area contributed by atoms with Gasteiger partial charge in [0.25, 0.3) is 0 Å². The van der Waals surface area contributed by atoms with Gasteiger partial charge in [-0.25, -0.2) is 0 Å². The Morgan fingerprint density at radius 2 is 1.73 bits per heavy atom. The first kappa shape index (κ1) is 23.0. The molecule has 30 heavy (non-hydrogen) atoms. The Balaban J connectivity index is 1.78. The molecule has 2 aromatic carbocycles. The van der Waals surface area contributed by atoms with Crippen LogP contribution < -0.4 is 4.72 Å². The standard InChI is InChI=1S/C24H28F3NS2/c1-30(21-14-4-2-5-15-21,22-16-6-3-7-17-22)23-18-9-8-12-20(23)13-10-11-19-28-29-24(25,26)27/h2-9,12,14-16,18,22,28H,10-11,13,17,19H2,1H3. The van der Waals surface area contributed by atoms with Crippen molar-refractivity contribution in [2.75, 3.05) is 12.8 Å². The van der Waals surface area contributed by atoms with Gasteiger partial charge < -0.3 is 0 Å². The second-order valence-electron chi connectivity index (χ2n) is 7.39. The van der Waals surface area contributed by atoms with E-state index in [-0.39, 0.29) is 11.9 Å². The molecule has 162 valence electrons. The number of alkyl halides is 3. The number of hydrogen-bond donors (Lipinski definition) is 1. The molecular formula is C24H28F3NS2. The summed E-state index contributed by atoms with van der Waals surface area (Å²) in [4.78, 5) is 2.75. The molecule has 2 aromatic rings. The predicted molar refractivity (Wildman–Crippen MR) is 124 cm³/mol. The smallest absolute Gasteiger partial charge is 0.257 e. The fraction of sp³-hybridized carbons (Fsp3) is 0.333. The van der Waals surface area contributed by atoms with Gasteiger partial charge in [-0.15, -0.1) is 0 Å². The first-order valence-corrected chi connectivity index (χ1v) is 13.0. The van der Waals surface area contributed by atoms with Crippen molar-refractivity contribution in [2.24, 2.45) is 0 Å². The Kier molecular flexibility index (Phi) is 8.14. The van der Waals surface area contributed by atoms with Crippen molar-refractivity contribution in [1.29, 1.82) is 0 Å². The maximum atomic E-state index is 12.2. The Hall–Kier alpha value is -1.63. The number of benzene rings is 2. The van der Waals surface area contributed by atoms with Crippen LogP contribution in [0.15, 0.2) is 88.7 Å². The summed E-state index contributed by atoms with van der Waals surface area (Å²) < 4.78 is 39.1. The lowest BCUT2D eigenvalue weighted by molar-refractivity contribution is -0.0335. The topological polar surface area (TPSA) is 12.0 Å². The molecule has 0 heterocycles. The third kappa shape index (κ3) is 5.96. The minimum absolute atomic E-state index is 0.157. The molecule has 6 heteroatoms. The summed E-state index contributed by atoms with van der Waals surface area (Å²) in [5.74, 6) is 0. The molecule has 0 radical (unpaired) electrons. The predicted octanol–water partition coefficient (Wildman–Crippen LogP) is 7.50. The van der Waals surface area contributed by atoms with Crippen molar-refractivity contribution < 1.29 is 13.2 Å². The maximum absolute atomic E-state index is 12.2. The number of rotatable bonds is 9. The summed E-state index contributed by atoms with van der Waals surface area (Å²) >= 11 is -0.157. The van der Waals surface area contributed by atoms with Gasteiger partial charge in [0.2, 0.25) is 0 Å². The second-order valence-corrected chi connectivity index (χ2v) is 11.8. The van der Waals surface area contributed by atoms with Crippen LogP contribution in [0.4, 0.5) is 13.2 Å². The van der Waals surface area contributed by atoms with Crippen molar-refractivity contribution in [2.45, 2.75) is 46.2 Å². The van der Waals surface area contributed by atoms with E-state index in [4.69, 9.17) is 0 Å². The van der Waals surface area contributed by atoms with E-state index in [1.165, 1.54) is 15.4 Å². The largest absolute Gasteiger partial charge is 0.456 e. The SMILES string of the molecule is CS(c1ccccc1)(c1ccccc1CCCCNSC(F)(F)F)C1C=CC=CC1. The van der Waals surface area contributed by atoms with Crippen LogP contribution in [-0.2, 0) is 6.42 Å². The molecule has 0 amide bonds. The van der Waals surface area contributed by atoms with Gasteiger partial charge in [0, 0.05) is 23.7 Å². The molecule has 0 spiro atoms. The van der Waals surface area contributed by atoms with E-state index in [0.717, 1.165) is 19.3 Å². The van der Waals surface area contributed by atoms with Gasteiger partial charge in [0.1, 0.15) is 0 Å². The van der Waals surface area contributed by atoms with Crippen molar-refractivity contribution >= 4 is 22.0 Å². The van der Waals surface area contributed by atoms with Gasteiger partial charge in [-0.2, -0.15) is 23.2 Å². The van der Waals surface area contributed by atoms with Gasteiger partial charge in [0.05, 0.1) is 0 Å². The zero-order valence-electron chi connectivity index (χ0n) is 17.1. The summed E-state index contributed by atoms with van der Waals surface area (Å²) in [5, 5.41) is 0.427. The van der Waals surface area contributed by atoms with Crippen molar-refractivity contribution in [3.8, 4) is 0 Å². The molecule has 1 N–H and O–H groups in total. The van der Waals surface area contributed by atoms with Gasteiger partial charge >= 0.3 is 5.51 Å². The number of hydrogen-bond acceptors (Lipinski definition) is 2. The third-order valence-electron chi connectivity index (χ3n) is 5.37. The van der Waals surface area contributed by atoms with Crippen LogP contribution in [0.3, 0.4) is 0 Å². The number of halogens is 3. The van der Waals surface area contributed by atoms with Crippen LogP contribution >= 0.6 is 22.0 Å². The van der Waals surface area contributed by atoms with E-state index < -0.39 is 15.5 Å². The van der Waals surface area contributed by atoms with Gasteiger partial charge in [-0.3, -0.25) is 4.72 Å². The molecule has 0 saturated heterocycles. The molecular weight excluding hydrogens is 423 g/mol. The average molecular weight is 452 g/mol. The van der Waals surface area contributed by atoms with E-state index in [9.17, 15) is 13.2 Å². The first-order chi connectivity index (χ1) is 14.4. The molecule has 1 nitrogen and oxygen atoms in total. The Morgan fingerprint density at radius 3 is 2.43 bits per heavy atom. The number of nitrogens with one attached hydrogen (secondary N) is 1. The highest BCUT2D eigenvalue weighted by Gasteiger charge is 2.32. The summed E-state index contributed by atoms with van der Waals surface area (Å²) in [6.07, 6.45) is 14.7. The molecule has 0 fully saturated rings. The molecule has 2 unspecified atom stereocenters. The summed E-state index contributed by atoms with van der Waals surface area (Å²) in [7, 11) is -1.30. The average Bonchev–Trinajstić information content (AvgIpc) is 2.76. The third-order valence-corrected chi connectivity index (χ3v) is 10.1. The number of aryl methyl sites for hydroxylation is 1. The molecule has 0 aliphatic heterocycles. The van der Waals surface area contributed by atoms with Crippen LogP contribution in [-0.4, -0.2) is 23.6 Å². The molecule has 1 aliphatic carbocycles. The van der Waals surface area contributed by atoms with E-state index in [2.05, 4.69) is 89.9 Å². The lowest BCUT2D eigenvalue weighted by Gasteiger charge is -2.44. The van der Waals surface area contributed by atoms with Crippen LogP contribution in [0.25, 0.3) is 0 Å². The lowest BCUT2D eigenvalue weighted by atomic mass is 10.1. The first-order valence-electron chi connectivity index (χ1n) is 10.1.